The third-order valence-electron chi connectivity index (χ3n) is 9.23. The Kier molecular flexibility index (Phi) is 9.09. The SMILES string of the molecule is C[C@@H]1[C@@H]([Si](C)(C)O)[C@H](CCn2cc(C(CO)c3ccccc3)nn2)O[C@@H]1CCc1cccc(-n2ncc3ccccc3c2=O)c1. The van der Waals surface area contributed by atoms with Crippen LogP contribution in [0.5, 0.6) is 0 Å². The van der Waals surface area contributed by atoms with E-state index < -0.39 is 8.32 Å². The van der Waals surface area contributed by atoms with Gasteiger partial charge in [0.15, 0.2) is 8.32 Å². The van der Waals surface area contributed by atoms with E-state index in [4.69, 9.17) is 4.74 Å². The Morgan fingerprint density at radius 2 is 1.76 bits per heavy atom. The number of hydrogen-bond acceptors (Lipinski definition) is 7. The second-order valence-corrected chi connectivity index (χ2v) is 16.7. The Morgan fingerprint density at radius 3 is 2.53 bits per heavy atom. The minimum Gasteiger partial charge on any atom is -0.432 e. The van der Waals surface area contributed by atoms with Crippen LogP contribution in [-0.4, -0.2) is 61.8 Å². The van der Waals surface area contributed by atoms with E-state index in [9.17, 15) is 14.7 Å². The van der Waals surface area contributed by atoms with E-state index in [0.717, 1.165) is 40.7 Å². The van der Waals surface area contributed by atoms with Crippen molar-refractivity contribution in [3.63, 3.8) is 0 Å². The third kappa shape index (κ3) is 6.69. The monoisotopic (exact) mass is 623 g/mol. The molecule has 3 aromatic carbocycles. The van der Waals surface area contributed by atoms with Crippen LogP contribution in [0.15, 0.2) is 96.1 Å². The number of aliphatic hydroxyl groups excluding tert-OH is 1. The standard InChI is InChI=1S/C35H41N5O4Si/c1-24-32(17-16-25-10-9-14-28(20-25)40-35(42)29-15-8-7-13-27(29)21-36-40)44-33(34(24)45(2,3)43)18-19-39-22-31(37-38-39)30(23-41)26-11-5-4-6-12-26/h4-15,20-22,24,30,32-34,41,43H,16-19,23H2,1-3H3/t24-,30?,32+,33-,34+/m0/s1. The number of aryl methyl sites for hydroxylation is 2. The highest BCUT2D eigenvalue weighted by Gasteiger charge is 2.49. The number of rotatable bonds is 11. The van der Waals surface area contributed by atoms with Gasteiger partial charge in [0, 0.05) is 23.7 Å². The molecule has 2 aromatic heterocycles. The predicted octanol–water partition coefficient (Wildman–Crippen LogP) is 5.10. The van der Waals surface area contributed by atoms with Gasteiger partial charge < -0.3 is 14.6 Å². The molecule has 0 saturated carbocycles. The van der Waals surface area contributed by atoms with Crippen molar-refractivity contribution >= 4 is 19.1 Å². The van der Waals surface area contributed by atoms with Crippen LogP contribution >= 0.6 is 0 Å². The van der Waals surface area contributed by atoms with Crippen LogP contribution < -0.4 is 5.56 Å². The highest BCUT2D eigenvalue weighted by molar-refractivity contribution is 6.71. The van der Waals surface area contributed by atoms with Gasteiger partial charge in [-0.2, -0.15) is 9.78 Å². The Bertz CT molecular complexity index is 1800. The van der Waals surface area contributed by atoms with Gasteiger partial charge in [0.2, 0.25) is 0 Å². The molecule has 0 bridgehead atoms. The van der Waals surface area contributed by atoms with Crippen LogP contribution in [-0.2, 0) is 17.7 Å². The fourth-order valence-corrected chi connectivity index (χ4v) is 9.66. The summed E-state index contributed by atoms with van der Waals surface area (Å²) in [5, 5.41) is 24.7. The average Bonchev–Trinajstić information content (AvgIpc) is 3.64. The number of benzene rings is 3. The molecule has 1 fully saturated rings. The van der Waals surface area contributed by atoms with Crippen molar-refractivity contribution in [2.45, 2.75) is 69.5 Å². The van der Waals surface area contributed by atoms with Crippen LogP contribution in [0.25, 0.3) is 16.5 Å². The molecule has 1 saturated heterocycles. The largest absolute Gasteiger partial charge is 0.432 e. The molecule has 2 N–H and O–H groups in total. The highest BCUT2D eigenvalue weighted by atomic mass is 28.4. The summed E-state index contributed by atoms with van der Waals surface area (Å²) in [6, 6.07) is 25.3. The summed E-state index contributed by atoms with van der Waals surface area (Å²) in [7, 11) is -2.53. The summed E-state index contributed by atoms with van der Waals surface area (Å²) in [4.78, 5) is 24.4. The Balaban J connectivity index is 1.12. The topological polar surface area (TPSA) is 115 Å². The zero-order valence-corrected chi connectivity index (χ0v) is 27.0. The molecule has 1 aliphatic heterocycles. The molecule has 10 heteroatoms. The minimum atomic E-state index is -2.53. The second kappa shape index (κ2) is 13.2. The first-order valence-corrected chi connectivity index (χ1v) is 18.8. The maximum absolute atomic E-state index is 13.1. The molecule has 5 atom stereocenters. The quantitative estimate of drug-likeness (QED) is 0.197. The summed E-state index contributed by atoms with van der Waals surface area (Å²) in [5.74, 6) is -0.0180. The molecular weight excluding hydrogens is 583 g/mol. The summed E-state index contributed by atoms with van der Waals surface area (Å²) >= 11 is 0. The van der Waals surface area contributed by atoms with Crippen LogP contribution in [0.1, 0.15) is 42.5 Å². The van der Waals surface area contributed by atoms with Crippen LogP contribution in [0.2, 0.25) is 18.6 Å². The molecule has 0 aliphatic carbocycles. The number of aromatic nitrogens is 5. The van der Waals surface area contributed by atoms with Crippen molar-refractivity contribution in [3.05, 3.63) is 118 Å². The molecule has 1 unspecified atom stereocenters. The van der Waals surface area contributed by atoms with Gasteiger partial charge in [-0.15, -0.1) is 5.10 Å². The Hall–Kier alpha value is -3.96. The molecule has 0 amide bonds. The van der Waals surface area contributed by atoms with Crippen LogP contribution in [0.3, 0.4) is 0 Å². The van der Waals surface area contributed by atoms with E-state index in [1.807, 2.05) is 96.8 Å². The van der Waals surface area contributed by atoms with Gasteiger partial charge in [0.25, 0.3) is 5.56 Å². The fourth-order valence-electron chi connectivity index (χ4n) is 7.00. The van der Waals surface area contributed by atoms with Crippen molar-refractivity contribution in [1.82, 2.24) is 24.8 Å². The van der Waals surface area contributed by atoms with Gasteiger partial charge in [-0.1, -0.05) is 72.8 Å². The lowest BCUT2D eigenvalue weighted by atomic mass is 9.95. The smallest absolute Gasteiger partial charge is 0.279 e. The summed E-state index contributed by atoms with van der Waals surface area (Å²) in [6.07, 6.45) is 5.87. The molecule has 45 heavy (non-hydrogen) atoms. The molecular formula is C35H41N5O4Si. The van der Waals surface area contributed by atoms with Crippen molar-refractivity contribution in [1.29, 1.82) is 0 Å². The minimum absolute atomic E-state index is 0.00672. The van der Waals surface area contributed by atoms with Gasteiger partial charge in [-0.25, -0.2) is 0 Å². The maximum atomic E-state index is 13.1. The van der Waals surface area contributed by atoms with Gasteiger partial charge >= 0.3 is 0 Å². The van der Waals surface area contributed by atoms with E-state index >= 15 is 0 Å². The van der Waals surface area contributed by atoms with E-state index in [2.05, 4.69) is 28.4 Å². The Labute approximate surface area is 264 Å². The molecule has 6 rings (SSSR count). The number of fused-ring (bicyclic) bond motifs is 1. The normalized spacial score (nSPS) is 20.9. The van der Waals surface area contributed by atoms with Crippen molar-refractivity contribution in [3.8, 4) is 5.69 Å². The molecule has 5 aromatic rings. The number of hydrogen-bond donors (Lipinski definition) is 2. The first-order chi connectivity index (χ1) is 21.7. The van der Waals surface area contributed by atoms with E-state index in [1.165, 1.54) is 4.68 Å². The van der Waals surface area contributed by atoms with E-state index in [1.54, 1.807) is 6.20 Å². The molecule has 0 spiro atoms. The molecule has 0 radical (unpaired) electrons. The molecule has 234 valence electrons. The van der Waals surface area contributed by atoms with Crippen molar-refractivity contribution in [2.75, 3.05) is 6.61 Å². The highest BCUT2D eigenvalue weighted by Crippen LogP contribution is 2.45. The first kappa shape index (κ1) is 31.0. The van der Waals surface area contributed by atoms with Crippen LogP contribution in [0.4, 0.5) is 0 Å². The van der Waals surface area contributed by atoms with Gasteiger partial charge in [-0.3, -0.25) is 9.48 Å². The number of nitrogens with zero attached hydrogens (tertiary/aromatic N) is 5. The van der Waals surface area contributed by atoms with Gasteiger partial charge in [-0.05, 0) is 67.6 Å². The number of aliphatic hydroxyl groups is 1. The molecule has 9 nitrogen and oxygen atoms in total. The van der Waals surface area contributed by atoms with Gasteiger partial charge in [0.05, 0.1) is 47.7 Å². The summed E-state index contributed by atoms with van der Waals surface area (Å²) in [5.41, 5.74) is 3.54. The first-order valence-electron chi connectivity index (χ1n) is 15.7. The summed E-state index contributed by atoms with van der Waals surface area (Å²) in [6.45, 7) is 6.78. The lowest BCUT2D eigenvalue weighted by molar-refractivity contribution is 0.0245. The van der Waals surface area contributed by atoms with E-state index in [-0.39, 0.29) is 41.8 Å². The predicted molar refractivity (Wildman–Crippen MR) is 177 cm³/mol. The maximum Gasteiger partial charge on any atom is 0.279 e. The Morgan fingerprint density at radius 1 is 0.978 bits per heavy atom. The zero-order valence-electron chi connectivity index (χ0n) is 26.0. The fraction of sp³-hybridized carbons (Fsp3) is 0.371. The van der Waals surface area contributed by atoms with E-state index in [0.29, 0.717) is 18.4 Å². The second-order valence-electron chi connectivity index (χ2n) is 12.7. The molecule has 1 aliphatic rings. The third-order valence-corrected chi connectivity index (χ3v) is 11.8. The van der Waals surface area contributed by atoms with Gasteiger partial charge in [0.1, 0.15) is 0 Å². The molecule has 3 heterocycles. The van der Waals surface area contributed by atoms with Crippen molar-refractivity contribution in [2.24, 2.45) is 5.92 Å². The average molecular weight is 624 g/mol. The summed E-state index contributed by atoms with van der Waals surface area (Å²) < 4.78 is 9.97. The zero-order chi connectivity index (χ0) is 31.6. The van der Waals surface area contributed by atoms with Crippen LogP contribution in [0, 0.1) is 5.92 Å². The lowest BCUT2D eigenvalue weighted by Crippen LogP contribution is -2.40. The number of ether oxygens (including phenoxy) is 1. The van der Waals surface area contributed by atoms with Crippen molar-refractivity contribution < 1.29 is 14.6 Å². The lowest BCUT2D eigenvalue weighted by Gasteiger charge is -2.30.